The van der Waals surface area contributed by atoms with Crippen molar-refractivity contribution in [3.63, 3.8) is 0 Å². The minimum Gasteiger partial charge on any atom is -0.453 e. The second kappa shape index (κ2) is 8.86. The van der Waals surface area contributed by atoms with Gasteiger partial charge in [0.05, 0.1) is 10.2 Å². The van der Waals surface area contributed by atoms with Gasteiger partial charge in [0.15, 0.2) is 11.6 Å². The topological polar surface area (TPSA) is 54.6 Å². The maximum atomic E-state index is 14.2. The van der Waals surface area contributed by atoms with Crippen LogP contribution in [0.4, 0.5) is 10.1 Å². The van der Waals surface area contributed by atoms with E-state index in [-0.39, 0.29) is 5.75 Å². The second-order valence-corrected chi connectivity index (χ2v) is 9.25. The molecule has 0 spiro atoms. The highest BCUT2D eigenvalue weighted by molar-refractivity contribution is 7.22. The van der Waals surface area contributed by atoms with Crippen LogP contribution in [-0.4, -0.2) is 48.0 Å². The summed E-state index contributed by atoms with van der Waals surface area (Å²) >= 11 is 1.60. The van der Waals surface area contributed by atoms with Crippen molar-refractivity contribution in [1.82, 2.24) is 14.8 Å². The summed E-state index contributed by atoms with van der Waals surface area (Å²) in [6, 6.07) is 17.0. The van der Waals surface area contributed by atoms with E-state index in [1.165, 1.54) is 11.6 Å². The number of rotatable bonds is 5. The number of fused-ring (bicyclic) bond motifs is 1. The van der Waals surface area contributed by atoms with Gasteiger partial charge in [-0.15, -0.1) is 11.3 Å². The normalized spacial score (nSPS) is 15.3. The smallest absolute Gasteiger partial charge is 0.167 e. The molecule has 0 amide bonds. The van der Waals surface area contributed by atoms with Crippen LogP contribution in [0.1, 0.15) is 5.56 Å². The number of piperazine rings is 1. The van der Waals surface area contributed by atoms with Crippen LogP contribution < -0.4 is 10.5 Å². The van der Waals surface area contributed by atoms with Gasteiger partial charge >= 0.3 is 0 Å². The van der Waals surface area contributed by atoms with Crippen LogP contribution >= 0.6 is 11.3 Å². The van der Waals surface area contributed by atoms with Gasteiger partial charge in [-0.1, -0.05) is 24.3 Å². The summed E-state index contributed by atoms with van der Waals surface area (Å²) in [5, 5.41) is 0. The number of likely N-dealkylation sites (N-methyl/N-ethyl adjacent to an activating group) is 1. The molecule has 1 fully saturated rings. The quantitative estimate of drug-likeness (QED) is 0.424. The third-order valence-corrected chi connectivity index (χ3v) is 6.98. The molecule has 2 aromatic heterocycles. The third kappa shape index (κ3) is 4.46. The van der Waals surface area contributed by atoms with E-state index < -0.39 is 5.82 Å². The maximum Gasteiger partial charge on any atom is 0.167 e. The minimum absolute atomic E-state index is 0.148. The summed E-state index contributed by atoms with van der Waals surface area (Å²) in [6.45, 7) is 5.44. The lowest BCUT2D eigenvalue weighted by Gasteiger charge is -2.32. The molecule has 7 heteroatoms. The fraction of sp³-hybridized carbons (Fsp3) is 0.240. The zero-order valence-electron chi connectivity index (χ0n) is 17.9. The molecule has 0 aliphatic carbocycles. The van der Waals surface area contributed by atoms with Crippen LogP contribution in [0.3, 0.4) is 0 Å². The van der Waals surface area contributed by atoms with Gasteiger partial charge in [-0.2, -0.15) is 0 Å². The molecule has 0 bridgehead atoms. The highest BCUT2D eigenvalue weighted by Gasteiger charge is 2.15. The van der Waals surface area contributed by atoms with Crippen LogP contribution in [0.15, 0.2) is 60.8 Å². The van der Waals surface area contributed by atoms with Gasteiger partial charge in [-0.25, -0.2) is 4.39 Å². The molecule has 2 aromatic carbocycles. The fourth-order valence-corrected chi connectivity index (χ4v) is 4.97. The molecule has 1 saturated heterocycles. The second-order valence-electron chi connectivity index (χ2n) is 8.20. The summed E-state index contributed by atoms with van der Waals surface area (Å²) in [5.41, 5.74) is 9.30. The molecular weight excluding hydrogens is 423 g/mol. The molecule has 164 valence electrons. The molecule has 3 heterocycles. The number of nitrogen functional groups attached to an aromatic ring is 1. The van der Waals surface area contributed by atoms with Crippen molar-refractivity contribution in [3.8, 4) is 21.9 Å². The average Bonchev–Trinajstić information content (AvgIpc) is 3.23. The first kappa shape index (κ1) is 20.9. The zero-order chi connectivity index (χ0) is 22.1. The summed E-state index contributed by atoms with van der Waals surface area (Å²) in [4.78, 5) is 10.4. The number of ether oxygens (including phenoxy) is 1. The number of nitrogens with zero attached hydrogens (tertiary/aromatic N) is 3. The van der Waals surface area contributed by atoms with Crippen molar-refractivity contribution in [2.24, 2.45) is 0 Å². The van der Waals surface area contributed by atoms with Gasteiger partial charge < -0.3 is 15.4 Å². The molecule has 0 atom stereocenters. The Kier molecular flexibility index (Phi) is 5.78. The van der Waals surface area contributed by atoms with E-state index in [2.05, 4.69) is 52.2 Å². The summed E-state index contributed by atoms with van der Waals surface area (Å²) in [5.74, 6) is 0.249. The van der Waals surface area contributed by atoms with E-state index in [0.717, 1.165) is 53.4 Å². The van der Waals surface area contributed by atoms with Crippen molar-refractivity contribution in [2.75, 3.05) is 39.0 Å². The Bertz CT molecular complexity index is 1230. The van der Waals surface area contributed by atoms with Gasteiger partial charge in [-0.05, 0) is 36.4 Å². The number of pyridine rings is 1. The minimum atomic E-state index is -0.484. The highest BCUT2D eigenvalue weighted by Crippen LogP contribution is 2.39. The van der Waals surface area contributed by atoms with Crippen molar-refractivity contribution in [2.45, 2.75) is 6.54 Å². The van der Waals surface area contributed by atoms with E-state index >= 15 is 0 Å². The van der Waals surface area contributed by atoms with E-state index in [4.69, 9.17) is 10.5 Å². The number of benzene rings is 2. The summed E-state index contributed by atoms with van der Waals surface area (Å²) in [7, 11) is 2.18. The van der Waals surface area contributed by atoms with Gasteiger partial charge in [0, 0.05) is 61.6 Å². The SMILES string of the molecule is CN1CCN(Cc2ccc(-c3cc4nccc(Oc5ccc(N)cc5F)c4s3)cc2)CC1. The highest BCUT2D eigenvalue weighted by atomic mass is 32.1. The van der Waals surface area contributed by atoms with Crippen LogP contribution in [0.5, 0.6) is 11.5 Å². The van der Waals surface area contributed by atoms with E-state index in [1.54, 1.807) is 35.7 Å². The van der Waals surface area contributed by atoms with Crippen LogP contribution in [-0.2, 0) is 6.54 Å². The first-order valence-electron chi connectivity index (χ1n) is 10.7. The Labute approximate surface area is 190 Å². The first-order chi connectivity index (χ1) is 15.5. The zero-order valence-corrected chi connectivity index (χ0v) is 18.7. The molecule has 0 radical (unpaired) electrons. The lowest BCUT2D eigenvalue weighted by molar-refractivity contribution is 0.148. The monoisotopic (exact) mass is 448 g/mol. The number of halogens is 1. The van der Waals surface area contributed by atoms with E-state index in [1.807, 2.05) is 0 Å². The number of hydrogen-bond acceptors (Lipinski definition) is 6. The fourth-order valence-electron chi connectivity index (χ4n) is 3.89. The van der Waals surface area contributed by atoms with Crippen LogP contribution in [0.25, 0.3) is 20.7 Å². The maximum absolute atomic E-state index is 14.2. The Morgan fingerprint density at radius 1 is 1.00 bits per heavy atom. The lowest BCUT2D eigenvalue weighted by Crippen LogP contribution is -2.43. The molecule has 32 heavy (non-hydrogen) atoms. The molecule has 1 aliphatic heterocycles. The number of anilines is 1. The van der Waals surface area contributed by atoms with Gasteiger partial charge in [-0.3, -0.25) is 9.88 Å². The Balaban J connectivity index is 1.36. The molecule has 1 aliphatic rings. The standard InChI is InChI=1S/C25H25FN4OS/c1-29-10-12-30(13-11-29)16-17-2-4-18(5-3-17)24-15-21-25(32-24)23(8-9-28-21)31-22-7-6-19(27)14-20(22)26/h2-9,14-15H,10-13,16,27H2,1H3. The van der Waals surface area contributed by atoms with Gasteiger partial charge in [0.1, 0.15) is 5.75 Å². The Morgan fingerprint density at radius 2 is 1.78 bits per heavy atom. The molecule has 5 rings (SSSR count). The number of hydrogen-bond donors (Lipinski definition) is 1. The molecule has 0 unspecified atom stereocenters. The molecular formula is C25H25FN4OS. The first-order valence-corrected chi connectivity index (χ1v) is 11.5. The Hall–Kier alpha value is -3.00. The average molecular weight is 449 g/mol. The third-order valence-electron chi connectivity index (χ3n) is 5.79. The lowest BCUT2D eigenvalue weighted by atomic mass is 10.1. The molecule has 4 aromatic rings. The predicted octanol–water partition coefficient (Wildman–Crippen LogP) is 5.22. The van der Waals surface area contributed by atoms with Crippen molar-refractivity contribution in [1.29, 1.82) is 0 Å². The molecule has 0 saturated carbocycles. The van der Waals surface area contributed by atoms with Crippen molar-refractivity contribution in [3.05, 3.63) is 72.2 Å². The Morgan fingerprint density at radius 3 is 2.53 bits per heavy atom. The predicted molar refractivity (Wildman–Crippen MR) is 129 cm³/mol. The number of thiophene rings is 1. The van der Waals surface area contributed by atoms with E-state index in [9.17, 15) is 4.39 Å². The van der Waals surface area contributed by atoms with Crippen LogP contribution in [0.2, 0.25) is 0 Å². The summed E-state index contributed by atoms with van der Waals surface area (Å²) in [6.07, 6.45) is 1.68. The largest absolute Gasteiger partial charge is 0.453 e. The molecule has 2 N–H and O–H groups in total. The van der Waals surface area contributed by atoms with Crippen LogP contribution in [0, 0.1) is 5.82 Å². The summed E-state index contributed by atoms with van der Waals surface area (Å²) < 4.78 is 21.0. The number of aromatic nitrogens is 1. The van der Waals surface area contributed by atoms with Crippen molar-refractivity contribution < 1.29 is 9.13 Å². The molecule has 5 nitrogen and oxygen atoms in total. The van der Waals surface area contributed by atoms with Crippen molar-refractivity contribution >= 4 is 27.2 Å². The van der Waals surface area contributed by atoms with Gasteiger partial charge in [0.2, 0.25) is 0 Å². The van der Waals surface area contributed by atoms with E-state index in [0.29, 0.717) is 11.4 Å². The van der Waals surface area contributed by atoms with Gasteiger partial charge in [0.25, 0.3) is 0 Å². The number of nitrogens with two attached hydrogens (primary N) is 1.